The van der Waals surface area contributed by atoms with Gasteiger partial charge in [-0.2, -0.15) is 13.2 Å². The lowest BCUT2D eigenvalue weighted by molar-refractivity contribution is -0.174. The van der Waals surface area contributed by atoms with Gasteiger partial charge in [-0.25, -0.2) is 4.98 Å². The van der Waals surface area contributed by atoms with E-state index in [4.69, 9.17) is 8.94 Å². The van der Waals surface area contributed by atoms with E-state index in [1.165, 1.54) is 6.26 Å². The summed E-state index contributed by atoms with van der Waals surface area (Å²) in [5.74, 6) is 0.372. The van der Waals surface area contributed by atoms with Crippen LogP contribution in [0, 0.1) is 6.92 Å². The van der Waals surface area contributed by atoms with Gasteiger partial charge in [0.05, 0.1) is 22.9 Å². The second kappa shape index (κ2) is 9.29. The van der Waals surface area contributed by atoms with Crippen LogP contribution in [0.2, 0.25) is 0 Å². The van der Waals surface area contributed by atoms with Gasteiger partial charge >= 0.3 is 6.18 Å². The highest BCUT2D eigenvalue weighted by atomic mass is 19.4. The molecule has 3 aromatic heterocycles. The standard InChI is InChI=1S/C21H23F3N4O4/c1-14-18-15(12-16(17-4-2-11-31-17)25-19(18)32-26-14)20(29)28-8-6-27(7-9-28)5-3-10-30-13-21(22,23)24/h2,4,11-12H,3,5-10,13H2,1H3. The molecule has 0 bridgehead atoms. The van der Waals surface area contributed by atoms with Gasteiger partial charge in [-0.15, -0.1) is 0 Å². The minimum Gasteiger partial charge on any atom is -0.463 e. The fourth-order valence-corrected chi connectivity index (χ4v) is 3.74. The number of amides is 1. The van der Waals surface area contributed by atoms with E-state index < -0.39 is 12.8 Å². The zero-order valence-corrected chi connectivity index (χ0v) is 17.5. The maximum atomic E-state index is 13.3. The van der Waals surface area contributed by atoms with Crippen LogP contribution >= 0.6 is 0 Å². The van der Waals surface area contributed by atoms with Crippen molar-refractivity contribution in [3.05, 3.63) is 35.7 Å². The minimum atomic E-state index is -4.30. The molecular formula is C21H23F3N4O4. The number of carbonyl (C=O) groups is 1. The normalized spacial score (nSPS) is 15.6. The van der Waals surface area contributed by atoms with Crippen molar-refractivity contribution in [1.82, 2.24) is 19.9 Å². The first kappa shape index (κ1) is 22.3. The largest absolute Gasteiger partial charge is 0.463 e. The van der Waals surface area contributed by atoms with Gasteiger partial charge in [0, 0.05) is 39.3 Å². The van der Waals surface area contributed by atoms with Crippen molar-refractivity contribution in [2.24, 2.45) is 0 Å². The monoisotopic (exact) mass is 452 g/mol. The third kappa shape index (κ3) is 5.10. The van der Waals surface area contributed by atoms with E-state index in [1.54, 1.807) is 30.0 Å². The summed E-state index contributed by atoms with van der Waals surface area (Å²) in [6.07, 6.45) is -2.27. The molecular weight excluding hydrogens is 429 g/mol. The average Bonchev–Trinajstić information content (AvgIpc) is 3.42. The maximum Gasteiger partial charge on any atom is 0.411 e. The van der Waals surface area contributed by atoms with Crippen LogP contribution in [0.3, 0.4) is 0 Å². The van der Waals surface area contributed by atoms with E-state index in [0.717, 1.165) is 0 Å². The molecule has 4 heterocycles. The third-order valence-corrected chi connectivity index (χ3v) is 5.31. The summed E-state index contributed by atoms with van der Waals surface area (Å²) in [6, 6.07) is 5.18. The topological polar surface area (TPSA) is 84.8 Å². The molecule has 0 atom stereocenters. The SMILES string of the molecule is Cc1noc2nc(-c3ccco3)cc(C(=O)N3CCN(CCCOCC(F)(F)F)CC3)c12. The van der Waals surface area contributed by atoms with Crippen LogP contribution in [-0.2, 0) is 4.74 Å². The van der Waals surface area contributed by atoms with Crippen LogP contribution in [-0.4, -0.2) is 78.0 Å². The predicted molar refractivity (Wildman–Crippen MR) is 108 cm³/mol. The number of hydrogen-bond acceptors (Lipinski definition) is 7. The number of aryl methyl sites for hydroxylation is 1. The van der Waals surface area contributed by atoms with E-state index in [9.17, 15) is 18.0 Å². The Labute approximate surface area is 181 Å². The van der Waals surface area contributed by atoms with E-state index >= 15 is 0 Å². The number of fused-ring (bicyclic) bond motifs is 1. The number of aromatic nitrogens is 2. The molecule has 8 nitrogen and oxygen atoms in total. The second-order valence-corrected chi connectivity index (χ2v) is 7.64. The van der Waals surface area contributed by atoms with Crippen LogP contribution < -0.4 is 0 Å². The number of piperazine rings is 1. The Morgan fingerprint density at radius 2 is 2.03 bits per heavy atom. The highest BCUT2D eigenvalue weighted by Gasteiger charge is 2.28. The molecule has 1 saturated heterocycles. The van der Waals surface area contributed by atoms with Crippen molar-refractivity contribution >= 4 is 17.0 Å². The minimum absolute atomic E-state index is 0.0516. The molecule has 32 heavy (non-hydrogen) atoms. The Morgan fingerprint density at radius 1 is 1.25 bits per heavy atom. The van der Waals surface area contributed by atoms with Crippen molar-refractivity contribution in [2.75, 3.05) is 45.9 Å². The number of halogens is 3. The molecule has 1 amide bonds. The molecule has 11 heteroatoms. The van der Waals surface area contributed by atoms with Gasteiger partial charge in [0.25, 0.3) is 11.6 Å². The number of nitrogens with zero attached hydrogens (tertiary/aromatic N) is 4. The van der Waals surface area contributed by atoms with Crippen LogP contribution in [0.25, 0.3) is 22.6 Å². The predicted octanol–water partition coefficient (Wildman–Crippen LogP) is 3.52. The number of pyridine rings is 1. The molecule has 0 spiro atoms. The number of hydrogen-bond donors (Lipinski definition) is 0. The number of rotatable bonds is 7. The lowest BCUT2D eigenvalue weighted by Gasteiger charge is -2.34. The molecule has 0 aliphatic carbocycles. The molecule has 0 saturated carbocycles. The van der Waals surface area contributed by atoms with Gasteiger partial charge < -0.3 is 18.6 Å². The van der Waals surface area contributed by atoms with Crippen molar-refractivity contribution < 1.29 is 31.6 Å². The molecule has 1 fully saturated rings. The van der Waals surface area contributed by atoms with Crippen LogP contribution in [0.15, 0.2) is 33.4 Å². The summed E-state index contributed by atoms with van der Waals surface area (Å²) < 4.78 is 51.7. The van der Waals surface area contributed by atoms with Gasteiger partial charge in [0.2, 0.25) is 0 Å². The molecule has 172 valence electrons. The van der Waals surface area contributed by atoms with Gasteiger partial charge in [-0.3, -0.25) is 9.69 Å². The summed E-state index contributed by atoms with van der Waals surface area (Å²) >= 11 is 0. The van der Waals surface area contributed by atoms with Crippen LogP contribution in [0.4, 0.5) is 13.2 Å². The van der Waals surface area contributed by atoms with Gasteiger partial charge in [0.15, 0.2) is 5.76 Å². The molecule has 0 aromatic carbocycles. The summed E-state index contributed by atoms with van der Waals surface area (Å²) in [6.45, 7) is 3.48. The second-order valence-electron chi connectivity index (χ2n) is 7.64. The highest BCUT2D eigenvalue weighted by Crippen LogP contribution is 2.28. The Bertz CT molecular complexity index is 1060. The number of ether oxygens (including phenoxy) is 1. The summed E-state index contributed by atoms with van der Waals surface area (Å²) in [5.41, 5.74) is 1.80. The maximum absolute atomic E-state index is 13.3. The number of carbonyl (C=O) groups excluding carboxylic acids is 1. The van der Waals surface area contributed by atoms with Crippen molar-refractivity contribution in [3.8, 4) is 11.5 Å². The first-order valence-electron chi connectivity index (χ1n) is 10.3. The molecule has 0 radical (unpaired) electrons. The first-order chi connectivity index (χ1) is 15.3. The van der Waals surface area contributed by atoms with Gasteiger partial charge in [-0.05, 0) is 31.5 Å². The summed E-state index contributed by atoms with van der Waals surface area (Å²) in [7, 11) is 0. The number of alkyl halides is 3. The number of furan rings is 1. The van der Waals surface area contributed by atoms with E-state index in [0.29, 0.717) is 67.2 Å². The van der Waals surface area contributed by atoms with Gasteiger partial charge in [-0.1, -0.05) is 5.16 Å². The first-order valence-corrected chi connectivity index (χ1v) is 10.3. The molecule has 1 aliphatic rings. The Kier molecular flexibility index (Phi) is 6.47. The summed E-state index contributed by atoms with van der Waals surface area (Å²) in [5, 5.41) is 4.53. The smallest absolute Gasteiger partial charge is 0.411 e. The molecule has 0 N–H and O–H groups in total. The van der Waals surface area contributed by atoms with Crippen molar-refractivity contribution in [2.45, 2.75) is 19.5 Å². The van der Waals surface area contributed by atoms with Crippen molar-refractivity contribution in [3.63, 3.8) is 0 Å². The quantitative estimate of drug-likeness (QED) is 0.507. The molecule has 1 aliphatic heterocycles. The average molecular weight is 452 g/mol. The Morgan fingerprint density at radius 3 is 2.72 bits per heavy atom. The molecule has 0 unspecified atom stereocenters. The van der Waals surface area contributed by atoms with Crippen LogP contribution in [0.1, 0.15) is 22.5 Å². The fourth-order valence-electron chi connectivity index (χ4n) is 3.74. The van der Waals surface area contributed by atoms with Crippen LogP contribution in [0.5, 0.6) is 0 Å². The molecule has 3 aromatic rings. The lowest BCUT2D eigenvalue weighted by atomic mass is 10.1. The van der Waals surface area contributed by atoms with E-state index in [1.807, 2.05) is 0 Å². The lowest BCUT2D eigenvalue weighted by Crippen LogP contribution is -2.49. The third-order valence-electron chi connectivity index (χ3n) is 5.31. The zero-order chi connectivity index (χ0) is 22.7. The van der Waals surface area contributed by atoms with E-state index in [-0.39, 0.29) is 18.2 Å². The Hall–Kier alpha value is -2.92. The van der Waals surface area contributed by atoms with Crippen molar-refractivity contribution in [1.29, 1.82) is 0 Å². The molecule has 4 rings (SSSR count). The summed E-state index contributed by atoms with van der Waals surface area (Å²) in [4.78, 5) is 21.6. The zero-order valence-electron chi connectivity index (χ0n) is 17.5. The van der Waals surface area contributed by atoms with Gasteiger partial charge in [0.1, 0.15) is 12.3 Å². The Balaban J connectivity index is 1.39. The highest BCUT2D eigenvalue weighted by molar-refractivity contribution is 6.06. The van der Waals surface area contributed by atoms with E-state index in [2.05, 4.69) is 19.8 Å². The fraction of sp³-hybridized carbons (Fsp3) is 0.476.